The summed E-state index contributed by atoms with van der Waals surface area (Å²) in [6.07, 6.45) is 1.81. The summed E-state index contributed by atoms with van der Waals surface area (Å²) in [5.74, 6) is -2.97. The smallest absolute Gasteiger partial charge is 0.312 e. The van der Waals surface area contributed by atoms with Crippen LogP contribution < -0.4 is 0 Å². The molecule has 12 heteroatoms. The van der Waals surface area contributed by atoms with Crippen molar-refractivity contribution in [2.24, 2.45) is 11.8 Å². The fourth-order valence-corrected chi connectivity index (χ4v) is 7.33. The Morgan fingerprint density at radius 3 is 2.84 bits per heavy atom. The van der Waals surface area contributed by atoms with E-state index in [1.807, 2.05) is 31.2 Å². The van der Waals surface area contributed by atoms with Gasteiger partial charge in [-0.2, -0.15) is 0 Å². The average Bonchev–Trinajstić information content (AvgIpc) is 3.62. The Morgan fingerprint density at radius 2 is 2.16 bits per heavy atom. The highest BCUT2D eigenvalue weighted by molar-refractivity contribution is 9.09. The number of aliphatic hydroxyl groups is 1. The number of benzene rings is 1. The third-order valence-electron chi connectivity index (χ3n) is 7.98. The van der Waals surface area contributed by atoms with Gasteiger partial charge in [0.05, 0.1) is 42.7 Å². The van der Waals surface area contributed by atoms with Gasteiger partial charge in [0.1, 0.15) is 23.8 Å². The Kier molecular flexibility index (Phi) is 7.31. The molecule has 5 rings (SSSR count). The molecule has 3 aliphatic heterocycles. The van der Waals surface area contributed by atoms with Crippen molar-refractivity contribution < 1.29 is 29.0 Å². The molecule has 0 saturated carbocycles. The lowest BCUT2D eigenvalue weighted by molar-refractivity contribution is -0.156. The topological polar surface area (TPSA) is 127 Å². The standard InChI is InChI=1S/C26H32BrN5O6/c1-4-11-30(14-31-18-10-8-7-9-17(18)28-29-31)24(35)22-26-12-16(27)21(38-26)19(25(36)37-6-3)20(26)23(34)32(22)15(5-2)13-33/h4,7-10,15-16,19-22,33H,1,5-6,11-14H2,2-3H3/t15-,16?,19-,20+,21-,22-,26+/m0/s1. The van der Waals surface area contributed by atoms with Crippen LogP contribution in [0, 0.1) is 11.8 Å². The number of alkyl halides is 1. The number of nitrogens with zero attached hydrogens (tertiary/aromatic N) is 5. The largest absolute Gasteiger partial charge is 0.466 e. The molecule has 3 fully saturated rings. The number of halogens is 1. The number of carbonyl (C=O) groups is 3. The molecule has 11 nitrogen and oxygen atoms in total. The summed E-state index contributed by atoms with van der Waals surface area (Å²) in [6, 6.07) is 5.77. The highest BCUT2D eigenvalue weighted by Crippen LogP contribution is 2.60. The normalized spacial score (nSPS) is 30.5. The molecule has 1 spiro atoms. The van der Waals surface area contributed by atoms with Gasteiger partial charge in [0, 0.05) is 11.4 Å². The second-order valence-electron chi connectivity index (χ2n) is 9.97. The second-order valence-corrected chi connectivity index (χ2v) is 11.2. The molecule has 1 unspecified atom stereocenters. The molecular formula is C26H32BrN5O6. The van der Waals surface area contributed by atoms with Gasteiger partial charge in [-0.05, 0) is 31.9 Å². The molecular weight excluding hydrogens is 558 g/mol. The maximum atomic E-state index is 14.5. The Hall–Kier alpha value is -2.83. The minimum Gasteiger partial charge on any atom is -0.466 e. The van der Waals surface area contributed by atoms with Crippen LogP contribution in [0.4, 0.5) is 0 Å². The molecule has 4 heterocycles. The first-order valence-electron chi connectivity index (χ1n) is 12.9. The number of para-hydroxylation sites is 1. The van der Waals surface area contributed by atoms with Crippen molar-refractivity contribution >= 4 is 44.7 Å². The van der Waals surface area contributed by atoms with Crippen molar-refractivity contribution in [2.45, 2.75) is 62.0 Å². The van der Waals surface area contributed by atoms with Gasteiger partial charge in [-0.1, -0.05) is 46.3 Å². The number of fused-ring (bicyclic) bond motifs is 2. The molecule has 1 aromatic heterocycles. The molecule has 2 amide bonds. The summed E-state index contributed by atoms with van der Waals surface area (Å²) in [5.41, 5.74) is 0.211. The van der Waals surface area contributed by atoms with Gasteiger partial charge in [0.25, 0.3) is 0 Å². The quantitative estimate of drug-likeness (QED) is 0.251. The van der Waals surface area contributed by atoms with Gasteiger partial charge in [-0.25, -0.2) is 4.68 Å². The van der Waals surface area contributed by atoms with Crippen LogP contribution in [-0.4, -0.2) is 96.1 Å². The minimum atomic E-state index is -1.24. The molecule has 1 N–H and O–H groups in total. The Balaban J connectivity index is 1.57. The van der Waals surface area contributed by atoms with Crippen LogP contribution in [0.5, 0.6) is 0 Å². The van der Waals surface area contributed by atoms with Crippen molar-refractivity contribution in [2.75, 3.05) is 19.8 Å². The van der Waals surface area contributed by atoms with E-state index in [0.717, 1.165) is 5.52 Å². The predicted molar refractivity (Wildman–Crippen MR) is 140 cm³/mol. The molecule has 1 aromatic carbocycles. The van der Waals surface area contributed by atoms with Crippen LogP contribution in [0.15, 0.2) is 36.9 Å². The predicted octanol–water partition coefficient (Wildman–Crippen LogP) is 1.49. The van der Waals surface area contributed by atoms with Gasteiger partial charge in [0.2, 0.25) is 11.8 Å². The summed E-state index contributed by atoms with van der Waals surface area (Å²) < 4.78 is 13.4. The number of ether oxygens (including phenoxy) is 2. The maximum Gasteiger partial charge on any atom is 0.312 e. The molecule has 0 aliphatic carbocycles. The molecule has 3 saturated heterocycles. The number of rotatable bonds is 10. The minimum absolute atomic E-state index is 0.0725. The second kappa shape index (κ2) is 10.4. The number of esters is 1. The first-order valence-corrected chi connectivity index (χ1v) is 13.8. The Labute approximate surface area is 228 Å². The summed E-state index contributed by atoms with van der Waals surface area (Å²) >= 11 is 3.64. The van der Waals surface area contributed by atoms with Crippen LogP contribution >= 0.6 is 15.9 Å². The van der Waals surface area contributed by atoms with E-state index in [1.165, 1.54) is 4.90 Å². The number of amides is 2. The summed E-state index contributed by atoms with van der Waals surface area (Å²) in [7, 11) is 0. The number of aromatic nitrogens is 3. The van der Waals surface area contributed by atoms with Gasteiger partial charge in [-0.15, -0.1) is 11.7 Å². The first-order chi connectivity index (χ1) is 18.3. The van der Waals surface area contributed by atoms with Crippen molar-refractivity contribution in [1.82, 2.24) is 24.8 Å². The van der Waals surface area contributed by atoms with Crippen LogP contribution in [0.1, 0.15) is 26.7 Å². The highest BCUT2D eigenvalue weighted by Gasteiger charge is 2.77. The van der Waals surface area contributed by atoms with Gasteiger partial charge in [0.15, 0.2) is 0 Å². The van der Waals surface area contributed by atoms with E-state index in [1.54, 1.807) is 22.6 Å². The van der Waals surface area contributed by atoms with E-state index in [-0.39, 0.29) is 43.1 Å². The molecule has 2 aromatic rings. The van der Waals surface area contributed by atoms with E-state index >= 15 is 0 Å². The highest BCUT2D eigenvalue weighted by atomic mass is 79.9. The summed E-state index contributed by atoms with van der Waals surface area (Å²) in [5, 5.41) is 18.6. The van der Waals surface area contributed by atoms with E-state index in [9.17, 15) is 19.5 Å². The van der Waals surface area contributed by atoms with E-state index < -0.39 is 41.6 Å². The van der Waals surface area contributed by atoms with Gasteiger partial charge < -0.3 is 24.4 Å². The third kappa shape index (κ3) is 3.95. The summed E-state index contributed by atoms with van der Waals surface area (Å²) in [6.45, 7) is 7.48. The van der Waals surface area contributed by atoms with Crippen LogP contribution in [0.2, 0.25) is 0 Å². The zero-order valence-electron chi connectivity index (χ0n) is 21.4. The van der Waals surface area contributed by atoms with Gasteiger partial charge in [-0.3, -0.25) is 14.4 Å². The Bertz CT molecular complexity index is 1250. The molecule has 0 radical (unpaired) electrons. The van der Waals surface area contributed by atoms with Crippen molar-refractivity contribution in [3.05, 3.63) is 36.9 Å². The molecule has 2 bridgehead atoms. The average molecular weight is 590 g/mol. The van der Waals surface area contributed by atoms with E-state index in [2.05, 4.69) is 32.8 Å². The van der Waals surface area contributed by atoms with Gasteiger partial charge >= 0.3 is 5.97 Å². The number of hydrogen-bond acceptors (Lipinski definition) is 8. The Morgan fingerprint density at radius 1 is 1.39 bits per heavy atom. The van der Waals surface area contributed by atoms with Crippen molar-refractivity contribution in [1.29, 1.82) is 0 Å². The lowest BCUT2D eigenvalue weighted by Gasteiger charge is -2.39. The van der Waals surface area contributed by atoms with E-state index in [4.69, 9.17) is 9.47 Å². The monoisotopic (exact) mass is 589 g/mol. The number of carbonyl (C=O) groups excluding carboxylic acids is 3. The molecule has 3 aliphatic rings. The maximum absolute atomic E-state index is 14.5. The molecule has 204 valence electrons. The molecule has 7 atom stereocenters. The van der Waals surface area contributed by atoms with Crippen LogP contribution in [0.25, 0.3) is 11.0 Å². The fourth-order valence-electron chi connectivity index (χ4n) is 6.39. The third-order valence-corrected chi connectivity index (χ3v) is 8.83. The lowest BCUT2D eigenvalue weighted by atomic mass is 9.70. The van der Waals surface area contributed by atoms with Crippen molar-refractivity contribution in [3.63, 3.8) is 0 Å². The lowest BCUT2D eigenvalue weighted by Crippen LogP contribution is -2.59. The number of hydrogen-bond donors (Lipinski definition) is 1. The van der Waals surface area contributed by atoms with Crippen LogP contribution in [-0.2, 0) is 30.5 Å². The molecule has 38 heavy (non-hydrogen) atoms. The zero-order valence-corrected chi connectivity index (χ0v) is 23.0. The van der Waals surface area contributed by atoms with Crippen LogP contribution in [0.3, 0.4) is 0 Å². The first kappa shape index (κ1) is 26.8. The van der Waals surface area contributed by atoms with Crippen molar-refractivity contribution in [3.8, 4) is 0 Å². The number of likely N-dealkylation sites (tertiary alicyclic amines) is 1. The number of aliphatic hydroxyl groups excluding tert-OH is 1. The summed E-state index contributed by atoms with van der Waals surface area (Å²) in [4.78, 5) is 44.3. The fraction of sp³-hybridized carbons (Fsp3) is 0.577. The SMILES string of the molecule is C=CCN(Cn1nnc2ccccc21)C(=O)[C@@H]1N([C@@H](CC)CO)C(=O)[C@H]2[C@H](C(=O)OCC)[C@H]3O[C@@]12CC3Br. The zero-order chi connectivity index (χ0) is 27.2. The van der Waals surface area contributed by atoms with E-state index in [0.29, 0.717) is 18.4 Å².